The molecule has 1 N–H and O–H groups in total. The highest BCUT2D eigenvalue weighted by Crippen LogP contribution is 2.25. The van der Waals surface area contributed by atoms with Crippen LogP contribution in [0.15, 0.2) is 18.2 Å². The van der Waals surface area contributed by atoms with Gasteiger partial charge in [0.2, 0.25) is 0 Å². The molecule has 2 rings (SSSR count). The topological polar surface area (TPSA) is 18.5 Å². The summed E-state index contributed by atoms with van der Waals surface area (Å²) in [5, 5.41) is 4.19. The molecule has 1 aromatic carbocycles. The van der Waals surface area contributed by atoms with Crippen molar-refractivity contribution in [3.05, 3.63) is 28.8 Å². The monoisotopic (exact) mass is 253 g/mol. The number of nitrogens with one attached hydrogen (secondary N) is 1. The lowest BCUT2D eigenvalue weighted by atomic mass is 10.1. The zero-order chi connectivity index (χ0) is 12.3. The number of halogens is 1. The minimum absolute atomic E-state index is 0.819. The van der Waals surface area contributed by atoms with Crippen LogP contribution in [-0.4, -0.2) is 45.2 Å². The molecular weight excluding hydrogens is 234 g/mol. The van der Waals surface area contributed by atoms with Crippen molar-refractivity contribution in [1.82, 2.24) is 10.2 Å². The minimum Gasteiger partial charge on any atom is -0.376 e. The van der Waals surface area contributed by atoms with Crippen LogP contribution in [-0.2, 0) is 6.54 Å². The smallest absolute Gasteiger partial charge is 0.0639 e. The number of benzene rings is 1. The average molecular weight is 254 g/mol. The van der Waals surface area contributed by atoms with Crippen LogP contribution in [0.2, 0.25) is 5.02 Å². The lowest BCUT2D eigenvalue weighted by Gasteiger charge is -2.27. The van der Waals surface area contributed by atoms with E-state index in [9.17, 15) is 0 Å². The normalized spacial score (nSPS) is 17.1. The van der Waals surface area contributed by atoms with E-state index in [1.165, 1.54) is 5.56 Å². The summed E-state index contributed by atoms with van der Waals surface area (Å²) in [5.74, 6) is 0. The molecule has 0 atom stereocenters. The Morgan fingerprint density at radius 1 is 1.29 bits per heavy atom. The number of hydrogen-bond acceptors (Lipinski definition) is 3. The molecule has 4 heteroatoms. The third-order valence-electron chi connectivity index (χ3n) is 3.11. The number of anilines is 1. The highest BCUT2D eigenvalue weighted by molar-refractivity contribution is 6.33. The third kappa shape index (κ3) is 3.35. The van der Waals surface area contributed by atoms with Crippen LogP contribution in [0.4, 0.5) is 5.69 Å². The summed E-state index contributed by atoms with van der Waals surface area (Å²) >= 11 is 6.17. The van der Waals surface area contributed by atoms with E-state index in [0.29, 0.717) is 0 Å². The summed E-state index contributed by atoms with van der Waals surface area (Å²) in [5.41, 5.74) is 2.43. The van der Waals surface area contributed by atoms with Gasteiger partial charge in [0.05, 0.1) is 10.7 Å². The second kappa shape index (κ2) is 5.71. The molecule has 0 aromatic heterocycles. The minimum atomic E-state index is 0.819. The summed E-state index contributed by atoms with van der Waals surface area (Å²) in [6.07, 6.45) is 0. The summed E-state index contributed by atoms with van der Waals surface area (Å²) < 4.78 is 0. The van der Waals surface area contributed by atoms with Gasteiger partial charge in [0, 0.05) is 46.8 Å². The fourth-order valence-electron chi connectivity index (χ4n) is 2.13. The molecular formula is C13H20ClN3. The highest BCUT2D eigenvalue weighted by Gasteiger charge is 2.11. The highest BCUT2D eigenvalue weighted by atomic mass is 35.5. The molecule has 94 valence electrons. The van der Waals surface area contributed by atoms with E-state index in [-0.39, 0.29) is 0 Å². The largest absolute Gasteiger partial charge is 0.376 e. The predicted molar refractivity (Wildman–Crippen MR) is 73.9 cm³/mol. The van der Waals surface area contributed by atoms with Crippen molar-refractivity contribution in [2.75, 3.05) is 45.2 Å². The van der Waals surface area contributed by atoms with Crippen LogP contribution in [0.5, 0.6) is 0 Å². The second-order valence-electron chi connectivity index (χ2n) is 4.71. The lowest BCUT2D eigenvalue weighted by molar-refractivity contribution is 0.233. The van der Waals surface area contributed by atoms with Gasteiger partial charge in [0.15, 0.2) is 0 Å². The number of rotatable bonds is 3. The Labute approximate surface area is 108 Å². The maximum Gasteiger partial charge on any atom is 0.0639 e. The zero-order valence-corrected chi connectivity index (χ0v) is 11.3. The zero-order valence-electron chi connectivity index (χ0n) is 10.5. The first-order valence-corrected chi connectivity index (χ1v) is 6.43. The predicted octanol–water partition coefficient (Wildman–Crippen LogP) is 1.81. The molecule has 1 aliphatic rings. The van der Waals surface area contributed by atoms with Crippen LogP contribution in [0.25, 0.3) is 0 Å². The molecule has 3 nitrogen and oxygen atoms in total. The van der Waals surface area contributed by atoms with E-state index < -0.39 is 0 Å². The van der Waals surface area contributed by atoms with E-state index in [1.54, 1.807) is 0 Å². The van der Waals surface area contributed by atoms with Crippen molar-refractivity contribution >= 4 is 17.3 Å². The molecule has 0 aliphatic carbocycles. The van der Waals surface area contributed by atoms with Crippen molar-refractivity contribution in [3.8, 4) is 0 Å². The quantitative estimate of drug-likeness (QED) is 0.887. The van der Waals surface area contributed by atoms with Gasteiger partial charge in [-0.05, 0) is 17.7 Å². The summed E-state index contributed by atoms with van der Waals surface area (Å²) in [7, 11) is 4.05. The first-order chi connectivity index (χ1) is 8.16. The molecule has 1 saturated heterocycles. The van der Waals surface area contributed by atoms with Crippen molar-refractivity contribution in [2.45, 2.75) is 6.54 Å². The number of hydrogen-bond donors (Lipinski definition) is 1. The first-order valence-electron chi connectivity index (χ1n) is 6.05. The van der Waals surface area contributed by atoms with E-state index in [1.807, 2.05) is 20.2 Å². The molecule has 0 bridgehead atoms. The van der Waals surface area contributed by atoms with Gasteiger partial charge in [-0.2, -0.15) is 0 Å². The first kappa shape index (κ1) is 12.7. The van der Waals surface area contributed by atoms with Gasteiger partial charge in [-0.3, -0.25) is 4.90 Å². The Balaban J connectivity index is 2.07. The maximum absolute atomic E-state index is 6.17. The van der Waals surface area contributed by atoms with Crippen molar-refractivity contribution in [1.29, 1.82) is 0 Å². The molecule has 1 heterocycles. The summed E-state index contributed by atoms with van der Waals surface area (Å²) in [4.78, 5) is 4.53. The van der Waals surface area contributed by atoms with Crippen LogP contribution >= 0.6 is 11.6 Å². The molecule has 0 unspecified atom stereocenters. The van der Waals surface area contributed by atoms with E-state index in [4.69, 9.17) is 11.6 Å². The van der Waals surface area contributed by atoms with E-state index in [2.05, 4.69) is 27.2 Å². The Morgan fingerprint density at radius 2 is 2.00 bits per heavy atom. The van der Waals surface area contributed by atoms with Crippen molar-refractivity contribution in [2.24, 2.45) is 0 Å². The van der Waals surface area contributed by atoms with Gasteiger partial charge in [-0.15, -0.1) is 0 Å². The van der Waals surface area contributed by atoms with Crippen LogP contribution < -0.4 is 10.2 Å². The standard InChI is InChI=1S/C13H20ClN3/c1-16(2)13-9-11(3-4-12(13)14)10-17-7-5-15-6-8-17/h3-4,9,15H,5-8,10H2,1-2H3. The molecule has 0 radical (unpaired) electrons. The lowest BCUT2D eigenvalue weighted by Crippen LogP contribution is -2.42. The van der Waals surface area contributed by atoms with Gasteiger partial charge < -0.3 is 10.2 Å². The Hall–Kier alpha value is -0.770. The molecule has 0 amide bonds. The van der Waals surface area contributed by atoms with Crippen LogP contribution in [0, 0.1) is 0 Å². The maximum atomic E-state index is 6.17. The fraction of sp³-hybridized carbons (Fsp3) is 0.538. The van der Waals surface area contributed by atoms with Gasteiger partial charge in [0.1, 0.15) is 0 Å². The van der Waals surface area contributed by atoms with Gasteiger partial charge in [-0.25, -0.2) is 0 Å². The molecule has 17 heavy (non-hydrogen) atoms. The Kier molecular flexibility index (Phi) is 4.26. The summed E-state index contributed by atoms with van der Waals surface area (Å²) in [6, 6.07) is 6.30. The number of piperazine rings is 1. The molecule has 1 aliphatic heterocycles. The van der Waals surface area contributed by atoms with Crippen LogP contribution in [0.3, 0.4) is 0 Å². The van der Waals surface area contributed by atoms with Gasteiger partial charge in [0.25, 0.3) is 0 Å². The Morgan fingerprint density at radius 3 is 2.65 bits per heavy atom. The molecule has 0 saturated carbocycles. The van der Waals surface area contributed by atoms with Crippen molar-refractivity contribution in [3.63, 3.8) is 0 Å². The van der Waals surface area contributed by atoms with Gasteiger partial charge >= 0.3 is 0 Å². The fourth-order valence-corrected chi connectivity index (χ4v) is 2.41. The Bertz CT molecular complexity index is 373. The average Bonchev–Trinajstić information content (AvgIpc) is 2.32. The second-order valence-corrected chi connectivity index (χ2v) is 5.11. The van der Waals surface area contributed by atoms with Crippen LogP contribution in [0.1, 0.15) is 5.56 Å². The third-order valence-corrected chi connectivity index (χ3v) is 3.43. The SMILES string of the molecule is CN(C)c1cc(CN2CCNCC2)ccc1Cl. The molecule has 1 aromatic rings. The van der Waals surface area contributed by atoms with Crippen molar-refractivity contribution < 1.29 is 0 Å². The summed E-state index contributed by atoms with van der Waals surface area (Å²) in [6.45, 7) is 5.45. The van der Waals surface area contributed by atoms with E-state index in [0.717, 1.165) is 43.4 Å². The van der Waals surface area contributed by atoms with Gasteiger partial charge in [-0.1, -0.05) is 17.7 Å². The molecule has 1 fully saturated rings. The number of nitrogens with zero attached hydrogens (tertiary/aromatic N) is 2. The van der Waals surface area contributed by atoms with E-state index >= 15 is 0 Å². The molecule has 0 spiro atoms.